The number of nitrogens with two attached hydrogens (primary N) is 2. The molecule has 1 rings (SSSR count). The Morgan fingerprint density at radius 2 is 1.75 bits per heavy atom. The van der Waals surface area contributed by atoms with Crippen molar-refractivity contribution < 1.29 is 13.6 Å². The first-order valence-corrected chi connectivity index (χ1v) is 7.67. The van der Waals surface area contributed by atoms with Crippen molar-refractivity contribution in [3.8, 4) is 0 Å². The fourth-order valence-corrected chi connectivity index (χ4v) is 3.00. The molecule has 110 valence electrons. The van der Waals surface area contributed by atoms with Crippen LogP contribution in [0.15, 0.2) is 34.5 Å². The Kier molecular flexibility index (Phi) is 6.38. The molecule has 4 N–H and O–H groups in total. The minimum Gasteiger partial charge on any atom is -0.369 e. The normalized spacial score (nSPS) is 11.7. The van der Waals surface area contributed by atoms with Gasteiger partial charge in [-0.25, -0.2) is 0 Å². The molecule has 7 nitrogen and oxygen atoms in total. The zero-order chi connectivity index (χ0) is 15.0. The van der Waals surface area contributed by atoms with E-state index in [4.69, 9.17) is 20.5 Å². The Labute approximate surface area is 118 Å². The summed E-state index contributed by atoms with van der Waals surface area (Å²) in [6.45, 7) is 4.15. The Bertz CT molecular complexity index is 514. The lowest BCUT2D eigenvalue weighted by atomic mass is 10.2. The number of guanidine groups is 1. The van der Waals surface area contributed by atoms with E-state index in [1.54, 1.807) is 38.1 Å². The molecule has 0 unspecified atom stereocenters. The van der Waals surface area contributed by atoms with Gasteiger partial charge in [0.15, 0.2) is 0 Å². The fraction of sp³-hybridized carbons (Fsp3) is 0.333. The van der Waals surface area contributed by atoms with Crippen molar-refractivity contribution in [3.63, 3.8) is 0 Å². The summed E-state index contributed by atoms with van der Waals surface area (Å²) in [5.74, 6) is -0.116. The van der Waals surface area contributed by atoms with Crippen LogP contribution in [0.4, 0.5) is 0 Å². The van der Waals surface area contributed by atoms with Crippen molar-refractivity contribution in [3.05, 3.63) is 29.8 Å². The first-order chi connectivity index (χ1) is 9.51. The van der Waals surface area contributed by atoms with Gasteiger partial charge in [0.05, 0.1) is 24.7 Å². The van der Waals surface area contributed by atoms with Gasteiger partial charge in [-0.15, -0.1) is 5.10 Å². The molecule has 8 heteroatoms. The van der Waals surface area contributed by atoms with E-state index in [0.29, 0.717) is 18.5 Å². The largest absolute Gasteiger partial charge is 0.369 e. The number of rotatable bonds is 7. The monoisotopic (exact) mass is 298 g/mol. The second-order valence-electron chi connectivity index (χ2n) is 3.69. The molecule has 1 aromatic carbocycles. The highest BCUT2D eigenvalue weighted by Gasteiger charge is 2.26. The molecule has 0 spiro atoms. The van der Waals surface area contributed by atoms with Crippen LogP contribution in [0.1, 0.15) is 19.4 Å². The molecule has 0 amide bonds. The Morgan fingerprint density at radius 3 is 2.20 bits per heavy atom. The number of hydrogen-bond acceptors (Lipinski definition) is 5. The highest BCUT2D eigenvalue weighted by atomic mass is 31.2. The second kappa shape index (κ2) is 7.79. The maximum absolute atomic E-state index is 12.5. The van der Waals surface area contributed by atoms with E-state index < -0.39 is 7.60 Å². The molecular formula is C12H19N4O3P. The SMILES string of the molecule is CCOP(=O)(OCC)c1ccc(C=NN=C(N)N)cc1. The van der Waals surface area contributed by atoms with Crippen LogP contribution in [0.25, 0.3) is 0 Å². The summed E-state index contributed by atoms with van der Waals surface area (Å²) < 4.78 is 23.0. The summed E-state index contributed by atoms with van der Waals surface area (Å²) in [7, 11) is -3.25. The third-order valence-corrected chi connectivity index (χ3v) is 4.31. The van der Waals surface area contributed by atoms with Crippen molar-refractivity contribution in [1.82, 2.24) is 0 Å². The van der Waals surface area contributed by atoms with Gasteiger partial charge in [0, 0.05) is 0 Å². The standard InChI is InChI=1S/C12H19N4O3P/c1-3-18-20(17,19-4-2)11-7-5-10(6-8-11)9-15-16-12(13)14/h5-9H,3-4H2,1-2H3,(H4,13,14,16). The maximum atomic E-state index is 12.5. The lowest BCUT2D eigenvalue weighted by Crippen LogP contribution is -2.21. The predicted molar refractivity (Wildman–Crippen MR) is 80.3 cm³/mol. The van der Waals surface area contributed by atoms with Crippen LogP contribution in [0.5, 0.6) is 0 Å². The second-order valence-corrected chi connectivity index (χ2v) is 5.72. The summed E-state index contributed by atoms with van der Waals surface area (Å²) in [4.78, 5) is 0. The number of nitrogens with zero attached hydrogens (tertiary/aromatic N) is 2. The summed E-state index contributed by atoms with van der Waals surface area (Å²) >= 11 is 0. The zero-order valence-electron chi connectivity index (χ0n) is 11.5. The molecule has 0 heterocycles. The van der Waals surface area contributed by atoms with Gasteiger partial charge in [0.1, 0.15) is 0 Å². The molecular weight excluding hydrogens is 279 g/mol. The third-order valence-electron chi connectivity index (χ3n) is 2.19. The number of hydrogen-bond donors (Lipinski definition) is 2. The molecule has 1 aromatic rings. The van der Waals surface area contributed by atoms with Gasteiger partial charge in [0.25, 0.3) is 0 Å². The molecule has 0 aliphatic heterocycles. The fourth-order valence-electron chi connectivity index (χ4n) is 1.43. The van der Waals surface area contributed by atoms with Crippen molar-refractivity contribution in [2.75, 3.05) is 13.2 Å². The molecule has 0 saturated carbocycles. The van der Waals surface area contributed by atoms with Crippen LogP contribution in [0.3, 0.4) is 0 Å². The van der Waals surface area contributed by atoms with Crippen molar-refractivity contribution in [2.24, 2.45) is 21.7 Å². The third kappa shape index (κ3) is 4.77. The molecule has 0 aliphatic carbocycles. The Hall–Kier alpha value is -1.69. The molecule has 0 radical (unpaired) electrons. The van der Waals surface area contributed by atoms with Crippen molar-refractivity contribution >= 4 is 25.1 Å². The lowest BCUT2D eigenvalue weighted by Gasteiger charge is -2.16. The van der Waals surface area contributed by atoms with Crippen LogP contribution in [0, 0.1) is 0 Å². The van der Waals surface area contributed by atoms with Crippen LogP contribution < -0.4 is 16.8 Å². The zero-order valence-corrected chi connectivity index (χ0v) is 12.4. The Morgan fingerprint density at radius 1 is 1.20 bits per heavy atom. The smallest absolute Gasteiger partial charge is 0.361 e. The van der Waals surface area contributed by atoms with Gasteiger partial charge < -0.3 is 20.5 Å². The molecule has 20 heavy (non-hydrogen) atoms. The first kappa shape index (κ1) is 16.4. The van der Waals surface area contributed by atoms with Gasteiger partial charge in [0.2, 0.25) is 5.96 Å². The first-order valence-electron chi connectivity index (χ1n) is 6.13. The highest BCUT2D eigenvalue weighted by Crippen LogP contribution is 2.46. The van der Waals surface area contributed by atoms with Gasteiger partial charge >= 0.3 is 7.60 Å². The molecule has 0 fully saturated rings. The maximum Gasteiger partial charge on any atom is 0.361 e. The number of benzene rings is 1. The summed E-state index contributed by atoms with van der Waals surface area (Å²) in [6, 6.07) is 6.80. The van der Waals surface area contributed by atoms with Crippen LogP contribution in [-0.2, 0) is 13.6 Å². The topological polar surface area (TPSA) is 112 Å². The molecule has 0 saturated heterocycles. The average molecular weight is 298 g/mol. The van der Waals surface area contributed by atoms with Gasteiger partial charge in [-0.05, 0) is 31.5 Å². The predicted octanol–water partition coefficient (Wildman–Crippen LogP) is 1.19. The van der Waals surface area contributed by atoms with Crippen molar-refractivity contribution in [2.45, 2.75) is 13.8 Å². The Balaban J connectivity index is 2.91. The summed E-state index contributed by atoms with van der Waals surface area (Å²) in [6.07, 6.45) is 1.48. The van der Waals surface area contributed by atoms with E-state index in [0.717, 1.165) is 5.56 Å². The van der Waals surface area contributed by atoms with E-state index in [9.17, 15) is 4.57 Å². The van der Waals surface area contributed by atoms with Crippen LogP contribution in [0.2, 0.25) is 0 Å². The van der Waals surface area contributed by atoms with Crippen molar-refractivity contribution in [1.29, 1.82) is 0 Å². The molecule has 0 bridgehead atoms. The quantitative estimate of drug-likeness (QED) is 0.340. The van der Waals surface area contributed by atoms with E-state index in [1.807, 2.05) is 0 Å². The molecule has 0 aliphatic rings. The van der Waals surface area contributed by atoms with E-state index in [2.05, 4.69) is 10.2 Å². The summed E-state index contributed by atoms with van der Waals surface area (Å²) in [5, 5.41) is 7.67. The molecule has 0 aromatic heterocycles. The highest BCUT2D eigenvalue weighted by molar-refractivity contribution is 7.62. The van der Waals surface area contributed by atoms with Gasteiger partial charge in [-0.3, -0.25) is 4.57 Å². The lowest BCUT2D eigenvalue weighted by molar-refractivity contribution is 0.230. The van der Waals surface area contributed by atoms with E-state index in [-0.39, 0.29) is 5.96 Å². The molecule has 0 atom stereocenters. The minimum atomic E-state index is -3.25. The van der Waals surface area contributed by atoms with E-state index in [1.165, 1.54) is 6.21 Å². The minimum absolute atomic E-state index is 0.116. The average Bonchev–Trinajstić information content (AvgIpc) is 2.39. The van der Waals surface area contributed by atoms with Gasteiger partial charge in [-0.2, -0.15) is 5.10 Å². The van der Waals surface area contributed by atoms with Crippen LogP contribution >= 0.6 is 7.60 Å². The van der Waals surface area contributed by atoms with Crippen LogP contribution in [-0.4, -0.2) is 25.4 Å². The van der Waals surface area contributed by atoms with Gasteiger partial charge in [-0.1, -0.05) is 12.1 Å². The van der Waals surface area contributed by atoms with E-state index >= 15 is 0 Å². The summed E-state index contributed by atoms with van der Waals surface area (Å²) in [5.41, 5.74) is 11.1.